The summed E-state index contributed by atoms with van der Waals surface area (Å²) in [6, 6.07) is 5.59. The number of carbonyl (C=O) groups is 1. The van der Waals surface area contributed by atoms with E-state index in [0.29, 0.717) is 44.6 Å². The number of hydrogen-bond donors (Lipinski definition) is 3. The maximum Gasteiger partial charge on any atom is 0.246 e. The highest BCUT2D eigenvalue weighted by atomic mass is 19.1. The molecule has 1 aromatic carbocycles. The Morgan fingerprint density at radius 3 is 2.60 bits per heavy atom. The molecule has 0 saturated carbocycles. The third kappa shape index (κ3) is 10.3. The molecule has 0 aliphatic rings. The summed E-state index contributed by atoms with van der Waals surface area (Å²) in [5, 5.41) is 8.87. The van der Waals surface area contributed by atoms with Crippen molar-refractivity contribution in [2.24, 2.45) is 4.99 Å². The normalized spacial score (nSPS) is 11.2. The summed E-state index contributed by atoms with van der Waals surface area (Å²) in [6.45, 7) is 5.07. The van der Waals surface area contributed by atoms with Gasteiger partial charge in [0.15, 0.2) is 5.96 Å². The zero-order valence-electron chi connectivity index (χ0n) is 14.8. The Morgan fingerprint density at radius 1 is 1.16 bits per heavy atom. The van der Waals surface area contributed by atoms with Crippen LogP contribution in [-0.4, -0.2) is 58.4 Å². The lowest BCUT2D eigenvalue weighted by molar-refractivity contribution is -0.114. The van der Waals surface area contributed by atoms with Crippen LogP contribution >= 0.6 is 0 Å². The van der Waals surface area contributed by atoms with E-state index in [2.05, 4.69) is 20.9 Å². The second kappa shape index (κ2) is 13.1. The number of aliphatic imine (C=N–C) groups is 1. The van der Waals surface area contributed by atoms with E-state index in [1.54, 1.807) is 7.11 Å². The van der Waals surface area contributed by atoms with Gasteiger partial charge in [-0.15, -0.1) is 0 Å². The van der Waals surface area contributed by atoms with Gasteiger partial charge in [0.05, 0.1) is 13.2 Å². The summed E-state index contributed by atoms with van der Waals surface area (Å²) >= 11 is 0. The van der Waals surface area contributed by atoms with Gasteiger partial charge in [0.25, 0.3) is 0 Å². The van der Waals surface area contributed by atoms with E-state index in [1.165, 1.54) is 24.3 Å². The van der Waals surface area contributed by atoms with Gasteiger partial charge in [0, 0.05) is 32.5 Å². The zero-order chi connectivity index (χ0) is 18.3. The molecule has 1 rings (SSSR count). The van der Waals surface area contributed by atoms with Gasteiger partial charge in [0.2, 0.25) is 5.91 Å². The van der Waals surface area contributed by atoms with Crippen molar-refractivity contribution in [3.05, 3.63) is 30.1 Å². The molecule has 0 heterocycles. The van der Waals surface area contributed by atoms with Gasteiger partial charge < -0.3 is 25.4 Å². The Kier molecular flexibility index (Phi) is 11.0. The molecular formula is C17H27FN4O3. The maximum atomic E-state index is 12.8. The standard InChI is InChI=1S/C17H27FN4O3/c1-3-19-17(20-9-4-10-25-12-11-24-2)21-13-16(23)22-15-7-5-14(18)6-8-15/h5-8H,3-4,9-13H2,1-2H3,(H,22,23)(H2,19,20,21). The van der Waals surface area contributed by atoms with Gasteiger partial charge in [0.1, 0.15) is 12.4 Å². The number of methoxy groups -OCH3 is 1. The fraction of sp³-hybridized carbons (Fsp3) is 0.529. The smallest absolute Gasteiger partial charge is 0.246 e. The van der Waals surface area contributed by atoms with Gasteiger partial charge in [-0.2, -0.15) is 0 Å². The second-order valence-corrected chi connectivity index (χ2v) is 5.14. The molecule has 0 radical (unpaired) electrons. The Labute approximate surface area is 148 Å². The fourth-order valence-electron chi connectivity index (χ4n) is 1.85. The molecule has 0 aliphatic heterocycles. The number of guanidine groups is 1. The monoisotopic (exact) mass is 354 g/mol. The Morgan fingerprint density at radius 2 is 1.92 bits per heavy atom. The number of nitrogens with one attached hydrogen (secondary N) is 3. The van der Waals surface area contributed by atoms with Crippen LogP contribution in [0.5, 0.6) is 0 Å². The highest BCUT2D eigenvalue weighted by molar-refractivity contribution is 5.94. The highest BCUT2D eigenvalue weighted by Gasteiger charge is 2.03. The van der Waals surface area contributed by atoms with Gasteiger partial charge in [-0.1, -0.05) is 0 Å². The number of amides is 1. The molecule has 0 aromatic heterocycles. The Hall–Kier alpha value is -2.19. The number of hydrogen-bond acceptors (Lipinski definition) is 4. The molecule has 1 aromatic rings. The molecule has 0 fully saturated rings. The first-order valence-electron chi connectivity index (χ1n) is 8.30. The number of rotatable bonds is 11. The Balaban J connectivity index is 2.30. The minimum absolute atomic E-state index is 0.0307. The molecule has 0 aliphatic carbocycles. The van der Waals surface area contributed by atoms with Crippen LogP contribution in [0.25, 0.3) is 0 Å². The van der Waals surface area contributed by atoms with E-state index in [0.717, 1.165) is 6.42 Å². The van der Waals surface area contributed by atoms with Crippen LogP contribution < -0.4 is 16.0 Å². The molecule has 1 amide bonds. The SMILES string of the molecule is CCNC(=NCC(=O)Nc1ccc(F)cc1)NCCCOCCOC. The van der Waals surface area contributed by atoms with Crippen LogP contribution in [0.1, 0.15) is 13.3 Å². The fourth-order valence-corrected chi connectivity index (χ4v) is 1.85. The zero-order valence-corrected chi connectivity index (χ0v) is 14.8. The largest absolute Gasteiger partial charge is 0.382 e. The lowest BCUT2D eigenvalue weighted by Gasteiger charge is -2.11. The predicted octanol–water partition coefficient (Wildman–Crippen LogP) is 1.37. The minimum atomic E-state index is -0.346. The van der Waals surface area contributed by atoms with E-state index in [9.17, 15) is 9.18 Å². The third-order valence-electron chi connectivity index (χ3n) is 3.04. The molecule has 0 saturated heterocycles. The Bertz CT molecular complexity index is 523. The highest BCUT2D eigenvalue weighted by Crippen LogP contribution is 2.07. The van der Waals surface area contributed by atoms with Crippen LogP contribution in [0.4, 0.5) is 10.1 Å². The summed E-state index contributed by atoms with van der Waals surface area (Å²) in [7, 11) is 1.64. The molecule has 7 nitrogen and oxygen atoms in total. The minimum Gasteiger partial charge on any atom is -0.382 e. The first kappa shape index (κ1) is 20.9. The van der Waals surface area contributed by atoms with E-state index in [1.807, 2.05) is 6.92 Å². The van der Waals surface area contributed by atoms with E-state index < -0.39 is 0 Å². The summed E-state index contributed by atoms with van der Waals surface area (Å²) < 4.78 is 23.1. The summed E-state index contributed by atoms with van der Waals surface area (Å²) in [5.74, 6) is -0.0544. The molecule has 25 heavy (non-hydrogen) atoms. The number of carbonyl (C=O) groups excluding carboxylic acids is 1. The van der Waals surface area contributed by atoms with Crippen molar-refractivity contribution in [1.82, 2.24) is 10.6 Å². The van der Waals surface area contributed by atoms with Crippen molar-refractivity contribution in [3.63, 3.8) is 0 Å². The van der Waals surface area contributed by atoms with Gasteiger partial charge >= 0.3 is 0 Å². The van der Waals surface area contributed by atoms with Crippen molar-refractivity contribution in [2.75, 3.05) is 51.9 Å². The number of halogens is 1. The first-order chi connectivity index (χ1) is 12.2. The molecule has 3 N–H and O–H groups in total. The second-order valence-electron chi connectivity index (χ2n) is 5.14. The van der Waals surface area contributed by atoms with E-state index >= 15 is 0 Å². The number of anilines is 1. The third-order valence-corrected chi connectivity index (χ3v) is 3.04. The summed E-state index contributed by atoms with van der Waals surface area (Å²) in [5.41, 5.74) is 0.535. The van der Waals surface area contributed by atoms with E-state index in [4.69, 9.17) is 9.47 Å². The van der Waals surface area contributed by atoms with Crippen LogP contribution in [0, 0.1) is 5.82 Å². The molecule has 0 unspecified atom stereocenters. The molecule has 0 spiro atoms. The molecule has 0 bridgehead atoms. The number of nitrogens with zero attached hydrogens (tertiary/aromatic N) is 1. The van der Waals surface area contributed by atoms with Crippen molar-refractivity contribution in [3.8, 4) is 0 Å². The lowest BCUT2D eigenvalue weighted by atomic mass is 10.3. The quantitative estimate of drug-likeness (QED) is 0.318. The molecule has 0 atom stereocenters. The average molecular weight is 354 g/mol. The molecular weight excluding hydrogens is 327 g/mol. The van der Waals surface area contributed by atoms with E-state index in [-0.39, 0.29) is 18.3 Å². The van der Waals surface area contributed by atoms with Gasteiger partial charge in [-0.25, -0.2) is 9.38 Å². The van der Waals surface area contributed by atoms with Crippen molar-refractivity contribution >= 4 is 17.6 Å². The summed E-state index contributed by atoms with van der Waals surface area (Å²) in [6.07, 6.45) is 0.815. The van der Waals surface area contributed by atoms with Crippen LogP contribution in [0.2, 0.25) is 0 Å². The number of ether oxygens (including phenoxy) is 2. The first-order valence-corrected chi connectivity index (χ1v) is 8.30. The van der Waals surface area contributed by atoms with Crippen LogP contribution in [0.15, 0.2) is 29.3 Å². The molecule has 8 heteroatoms. The van der Waals surface area contributed by atoms with Gasteiger partial charge in [-0.3, -0.25) is 4.79 Å². The van der Waals surface area contributed by atoms with Gasteiger partial charge in [-0.05, 0) is 37.6 Å². The average Bonchev–Trinajstić information content (AvgIpc) is 2.60. The lowest BCUT2D eigenvalue weighted by Crippen LogP contribution is -2.38. The molecule has 140 valence electrons. The van der Waals surface area contributed by atoms with Crippen LogP contribution in [-0.2, 0) is 14.3 Å². The maximum absolute atomic E-state index is 12.8. The van der Waals surface area contributed by atoms with Crippen LogP contribution in [0.3, 0.4) is 0 Å². The number of benzene rings is 1. The van der Waals surface area contributed by atoms with Crippen molar-refractivity contribution in [2.45, 2.75) is 13.3 Å². The van der Waals surface area contributed by atoms with Crippen molar-refractivity contribution in [1.29, 1.82) is 0 Å². The van der Waals surface area contributed by atoms with Crippen molar-refractivity contribution < 1.29 is 18.7 Å². The predicted molar refractivity (Wildman–Crippen MR) is 96.3 cm³/mol. The topological polar surface area (TPSA) is 84.0 Å². The summed E-state index contributed by atoms with van der Waals surface area (Å²) in [4.78, 5) is 16.1.